The summed E-state index contributed by atoms with van der Waals surface area (Å²) in [5.74, 6) is 0.929. The molecule has 4 heterocycles. The first-order valence-corrected chi connectivity index (χ1v) is 13.1. The maximum absolute atomic E-state index is 13.5. The molecule has 6 rings (SSSR count). The van der Waals surface area contributed by atoms with Crippen molar-refractivity contribution in [1.82, 2.24) is 20.4 Å². The molecule has 0 unspecified atom stereocenters. The van der Waals surface area contributed by atoms with Gasteiger partial charge in [-0.1, -0.05) is 24.3 Å². The van der Waals surface area contributed by atoms with E-state index in [9.17, 15) is 14.4 Å². The molecule has 37 heavy (non-hydrogen) atoms. The number of hydrogen-bond acceptors (Lipinski definition) is 6. The summed E-state index contributed by atoms with van der Waals surface area (Å²) in [5, 5.41) is 6.01. The molecule has 9 heteroatoms. The normalized spacial score (nSPS) is 27.6. The Morgan fingerprint density at radius 2 is 1.32 bits per heavy atom. The van der Waals surface area contributed by atoms with E-state index in [2.05, 4.69) is 15.5 Å². The first-order valence-electron chi connectivity index (χ1n) is 13.1. The van der Waals surface area contributed by atoms with Gasteiger partial charge in [0.1, 0.15) is 22.7 Å². The molecule has 9 nitrogen and oxygen atoms in total. The van der Waals surface area contributed by atoms with E-state index in [4.69, 9.17) is 9.47 Å². The van der Waals surface area contributed by atoms with E-state index in [0.29, 0.717) is 55.3 Å². The number of benzene rings is 2. The summed E-state index contributed by atoms with van der Waals surface area (Å²) in [5.41, 5.74) is -0.137. The fourth-order valence-electron chi connectivity index (χ4n) is 6.08. The Bertz CT molecular complexity index is 1230. The summed E-state index contributed by atoms with van der Waals surface area (Å²) in [6, 6.07) is 14.6. The van der Waals surface area contributed by atoms with Gasteiger partial charge in [-0.25, -0.2) is 0 Å². The van der Waals surface area contributed by atoms with Crippen molar-refractivity contribution in [1.29, 1.82) is 0 Å². The topological polar surface area (TPSA) is 100 Å². The molecule has 0 aliphatic carbocycles. The van der Waals surface area contributed by atoms with Gasteiger partial charge < -0.3 is 25.0 Å². The van der Waals surface area contributed by atoms with Crippen LogP contribution in [-0.2, 0) is 4.79 Å². The van der Waals surface area contributed by atoms with Crippen LogP contribution >= 0.6 is 0 Å². The molecule has 4 aliphatic rings. The first kappa shape index (κ1) is 23.8. The van der Waals surface area contributed by atoms with Gasteiger partial charge in [0, 0.05) is 13.1 Å². The minimum absolute atomic E-state index is 0.0432. The SMILES string of the molecule is O=C1NC[C@]2(CCCN(C(=O)CN3CCC[C@@]4(CNC(=O)c5ccccc5O4)C3)C2)Oc2ccccc21. The Morgan fingerprint density at radius 1 is 0.784 bits per heavy atom. The molecule has 4 aliphatic heterocycles. The number of piperidine rings is 2. The van der Waals surface area contributed by atoms with Crippen molar-refractivity contribution >= 4 is 17.7 Å². The van der Waals surface area contributed by atoms with Crippen molar-refractivity contribution in [3.8, 4) is 11.5 Å². The number of rotatable bonds is 2. The molecule has 0 saturated carbocycles. The number of carbonyl (C=O) groups excluding carboxylic acids is 3. The Labute approximate surface area is 216 Å². The van der Waals surface area contributed by atoms with Gasteiger partial charge >= 0.3 is 0 Å². The van der Waals surface area contributed by atoms with Crippen molar-refractivity contribution in [2.24, 2.45) is 0 Å². The number of amides is 3. The molecule has 194 valence electrons. The van der Waals surface area contributed by atoms with Crippen LogP contribution < -0.4 is 20.1 Å². The number of nitrogens with one attached hydrogen (secondary N) is 2. The molecule has 2 aromatic carbocycles. The largest absolute Gasteiger partial charge is 0.483 e. The molecule has 3 amide bonds. The highest BCUT2D eigenvalue weighted by Crippen LogP contribution is 2.34. The van der Waals surface area contributed by atoms with E-state index in [-0.39, 0.29) is 24.3 Å². The molecule has 2 atom stereocenters. The van der Waals surface area contributed by atoms with E-state index < -0.39 is 11.2 Å². The van der Waals surface area contributed by atoms with Gasteiger partial charge in [-0.15, -0.1) is 0 Å². The molecule has 0 radical (unpaired) electrons. The van der Waals surface area contributed by atoms with Crippen molar-refractivity contribution in [2.75, 3.05) is 45.8 Å². The van der Waals surface area contributed by atoms with Gasteiger partial charge in [0.25, 0.3) is 11.8 Å². The second kappa shape index (κ2) is 9.37. The fraction of sp³-hybridized carbons (Fsp3) is 0.464. The maximum Gasteiger partial charge on any atom is 0.255 e. The Kier molecular flexibility index (Phi) is 6.03. The van der Waals surface area contributed by atoms with Gasteiger partial charge in [0.15, 0.2) is 0 Å². The monoisotopic (exact) mass is 504 g/mol. The lowest BCUT2D eigenvalue weighted by Crippen LogP contribution is -2.61. The van der Waals surface area contributed by atoms with E-state index in [1.165, 1.54) is 0 Å². The van der Waals surface area contributed by atoms with Crippen LogP contribution in [0.3, 0.4) is 0 Å². The fourth-order valence-corrected chi connectivity index (χ4v) is 6.08. The summed E-state index contributed by atoms with van der Waals surface area (Å²) in [7, 11) is 0. The predicted octanol–water partition coefficient (Wildman–Crippen LogP) is 1.83. The zero-order valence-corrected chi connectivity index (χ0v) is 20.8. The predicted molar refractivity (Wildman–Crippen MR) is 136 cm³/mol. The lowest BCUT2D eigenvalue weighted by molar-refractivity contribution is -0.139. The molecule has 0 aromatic heterocycles. The Morgan fingerprint density at radius 3 is 1.95 bits per heavy atom. The van der Waals surface area contributed by atoms with Crippen LogP contribution in [0.25, 0.3) is 0 Å². The molecule has 2 aromatic rings. The molecule has 0 bridgehead atoms. The van der Waals surface area contributed by atoms with Crippen LogP contribution in [-0.4, -0.2) is 84.5 Å². The maximum atomic E-state index is 13.5. The second-order valence-corrected chi connectivity index (χ2v) is 10.7. The number of hydrogen-bond donors (Lipinski definition) is 2. The van der Waals surface area contributed by atoms with Gasteiger partial charge in [0.05, 0.1) is 37.3 Å². The standard InChI is InChI=1S/C28H32N4O5/c33-24(32-14-6-12-28(19-32)17-30-26(35)21-8-2-4-10-23(21)37-28)15-31-13-5-11-27(18-31)16-29-25(34)20-7-1-3-9-22(20)36-27/h1-4,7-10H,5-6,11-19H2,(H,29,34)(H,30,35)/t27-,28+/m1/s1. The minimum Gasteiger partial charge on any atom is -0.483 e. The highest BCUT2D eigenvalue weighted by atomic mass is 16.5. The molecule has 2 fully saturated rings. The van der Waals surface area contributed by atoms with Crippen molar-refractivity contribution in [2.45, 2.75) is 36.9 Å². The van der Waals surface area contributed by atoms with Gasteiger partial charge in [-0.3, -0.25) is 19.3 Å². The van der Waals surface area contributed by atoms with Crippen LogP contribution in [0.4, 0.5) is 0 Å². The van der Waals surface area contributed by atoms with Crippen LogP contribution in [0.2, 0.25) is 0 Å². The van der Waals surface area contributed by atoms with Crippen molar-refractivity contribution in [3.05, 3.63) is 59.7 Å². The lowest BCUT2D eigenvalue weighted by Gasteiger charge is -2.44. The number of fused-ring (bicyclic) bond motifs is 2. The minimum atomic E-state index is -0.641. The summed E-state index contributed by atoms with van der Waals surface area (Å²) >= 11 is 0. The van der Waals surface area contributed by atoms with Crippen molar-refractivity contribution < 1.29 is 23.9 Å². The number of likely N-dealkylation sites (tertiary alicyclic amines) is 2. The van der Waals surface area contributed by atoms with Gasteiger partial charge in [0.2, 0.25) is 5.91 Å². The van der Waals surface area contributed by atoms with E-state index >= 15 is 0 Å². The summed E-state index contributed by atoms with van der Waals surface area (Å²) in [6.07, 6.45) is 3.26. The quantitative estimate of drug-likeness (QED) is 0.648. The number of ether oxygens (including phenoxy) is 2. The average molecular weight is 505 g/mol. The van der Waals surface area contributed by atoms with E-state index in [1.807, 2.05) is 41.3 Å². The summed E-state index contributed by atoms with van der Waals surface area (Å²) < 4.78 is 12.9. The molecule has 2 spiro atoms. The second-order valence-electron chi connectivity index (χ2n) is 10.7. The molecule has 2 saturated heterocycles. The van der Waals surface area contributed by atoms with Crippen LogP contribution in [0.5, 0.6) is 11.5 Å². The van der Waals surface area contributed by atoms with E-state index in [1.54, 1.807) is 12.1 Å². The van der Waals surface area contributed by atoms with Gasteiger partial charge in [-0.05, 0) is 56.5 Å². The zero-order valence-electron chi connectivity index (χ0n) is 20.8. The first-order chi connectivity index (χ1) is 17.9. The number of carbonyl (C=O) groups is 3. The third kappa shape index (κ3) is 4.64. The van der Waals surface area contributed by atoms with E-state index in [0.717, 1.165) is 32.2 Å². The smallest absolute Gasteiger partial charge is 0.255 e. The summed E-state index contributed by atoms with van der Waals surface area (Å²) in [4.78, 5) is 42.6. The van der Waals surface area contributed by atoms with Crippen LogP contribution in [0.15, 0.2) is 48.5 Å². The van der Waals surface area contributed by atoms with Crippen molar-refractivity contribution in [3.63, 3.8) is 0 Å². The van der Waals surface area contributed by atoms with Crippen LogP contribution in [0.1, 0.15) is 46.4 Å². The average Bonchev–Trinajstić information content (AvgIpc) is 3.12. The number of para-hydroxylation sites is 2. The zero-order chi connectivity index (χ0) is 25.5. The lowest BCUT2D eigenvalue weighted by atomic mass is 9.91. The Hall–Kier alpha value is -3.59. The number of nitrogens with zero attached hydrogens (tertiary/aromatic N) is 2. The third-order valence-electron chi connectivity index (χ3n) is 7.93. The molecular formula is C28H32N4O5. The third-order valence-corrected chi connectivity index (χ3v) is 7.93. The highest BCUT2D eigenvalue weighted by molar-refractivity contribution is 5.98. The van der Waals surface area contributed by atoms with Gasteiger partial charge in [-0.2, -0.15) is 0 Å². The molecule has 2 N–H and O–H groups in total. The molecular weight excluding hydrogens is 472 g/mol. The Balaban J connectivity index is 1.14. The summed E-state index contributed by atoms with van der Waals surface area (Å²) in [6.45, 7) is 3.50. The highest BCUT2D eigenvalue weighted by Gasteiger charge is 2.44. The van der Waals surface area contributed by atoms with Crippen LogP contribution in [0, 0.1) is 0 Å².